The molecule has 2 aromatic rings. The Morgan fingerprint density at radius 2 is 1.47 bits per heavy atom. The average molecular weight is 484 g/mol. The molecule has 10 heteroatoms. The molecule has 0 saturated carbocycles. The maximum atomic E-state index is 13.0. The van der Waals surface area contributed by atoms with Gasteiger partial charge in [0.05, 0.1) is 11.1 Å². The molecule has 3 rings (SSSR count). The summed E-state index contributed by atoms with van der Waals surface area (Å²) in [4.78, 5) is 63.3. The first-order valence-corrected chi connectivity index (χ1v) is 12.0. The second-order valence-corrected chi connectivity index (χ2v) is 8.64. The molecule has 0 bridgehead atoms. The molecule has 1 heterocycles. The van der Waals surface area contributed by atoms with Crippen LogP contribution in [-0.2, 0) is 19.1 Å². The van der Waals surface area contributed by atoms with Crippen molar-refractivity contribution in [1.82, 2.24) is 4.90 Å². The smallest absolute Gasteiger partial charge is 0.330 e. The zero-order valence-corrected chi connectivity index (χ0v) is 19.8. The van der Waals surface area contributed by atoms with Gasteiger partial charge in [0.15, 0.2) is 6.10 Å². The lowest BCUT2D eigenvalue weighted by atomic mass is 10.1. The predicted octanol–water partition coefficient (Wildman–Crippen LogP) is 2.93. The quantitative estimate of drug-likeness (QED) is 0.415. The number of anilines is 2. The van der Waals surface area contributed by atoms with Crippen molar-refractivity contribution >= 4 is 52.7 Å². The number of nitrogens with zero attached hydrogens (tertiary/aromatic N) is 1. The normalized spacial score (nSPS) is 14.3. The summed E-state index contributed by atoms with van der Waals surface area (Å²) in [6.07, 6.45) is 0.872. The molecular weight excluding hydrogens is 458 g/mol. The van der Waals surface area contributed by atoms with E-state index in [2.05, 4.69) is 10.6 Å². The lowest BCUT2D eigenvalue weighted by molar-refractivity contribution is -0.157. The molecule has 2 unspecified atom stereocenters. The van der Waals surface area contributed by atoms with Gasteiger partial charge in [-0.3, -0.25) is 24.1 Å². The highest BCUT2D eigenvalue weighted by Gasteiger charge is 2.43. The number of thioether (sulfide) groups is 1. The maximum absolute atomic E-state index is 13.0. The van der Waals surface area contributed by atoms with Crippen LogP contribution < -0.4 is 10.6 Å². The highest BCUT2D eigenvalue weighted by atomic mass is 32.2. The summed E-state index contributed by atoms with van der Waals surface area (Å²) in [5.41, 5.74) is 1.50. The number of rotatable bonds is 9. The van der Waals surface area contributed by atoms with Crippen molar-refractivity contribution in [2.24, 2.45) is 0 Å². The Hall–Kier alpha value is -3.66. The molecular formula is C24H25N3O6S. The van der Waals surface area contributed by atoms with Crippen LogP contribution in [0.4, 0.5) is 11.4 Å². The fraction of sp³-hybridized carbons (Fsp3) is 0.292. The van der Waals surface area contributed by atoms with Crippen LogP contribution in [0.3, 0.4) is 0 Å². The van der Waals surface area contributed by atoms with Gasteiger partial charge in [-0.05, 0) is 61.8 Å². The van der Waals surface area contributed by atoms with E-state index in [1.807, 2.05) is 6.26 Å². The summed E-state index contributed by atoms with van der Waals surface area (Å²) >= 11 is 1.46. The second-order valence-electron chi connectivity index (χ2n) is 7.65. The molecule has 2 aromatic carbocycles. The molecule has 1 aliphatic heterocycles. The minimum Gasteiger partial charge on any atom is -0.451 e. The van der Waals surface area contributed by atoms with Crippen molar-refractivity contribution in [3.63, 3.8) is 0 Å². The van der Waals surface area contributed by atoms with Crippen LogP contribution >= 0.6 is 11.8 Å². The van der Waals surface area contributed by atoms with E-state index in [-0.39, 0.29) is 23.5 Å². The van der Waals surface area contributed by atoms with Gasteiger partial charge in [-0.15, -0.1) is 0 Å². The first kappa shape index (κ1) is 25.0. The number of esters is 1. The fourth-order valence-corrected chi connectivity index (χ4v) is 3.92. The highest BCUT2D eigenvalue weighted by molar-refractivity contribution is 7.98. The summed E-state index contributed by atoms with van der Waals surface area (Å²) in [5.74, 6) is -2.22. The molecule has 2 N–H and O–H groups in total. The largest absolute Gasteiger partial charge is 0.451 e. The van der Waals surface area contributed by atoms with Gasteiger partial charge < -0.3 is 15.4 Å². The topological polar surface area (TPSA) is 122 Å². The molecule has 9 nitrogen and oxygen atoms in total. The Labute approximate surface area is 201 Å². The Morgan fingerprint density at radius 3 is 1.97 bits per heavy atom. The van der Waals surface area contributed by atoms with Gasteiger partial charge in [0.25, 0.3) is 17.7 Å². The summed E-state index contributed by atoms with van der Waals surface area (Å²) in [6.45, 7) is 2.80. The molecule has 0 aliphatic carbocycles. The SMILES string of the molecule is CSCCC(C(=O)OC(C)C(=O)Nc1ccc(NC(C)=O)cc1)N1C(=O)c2ccccc2C1=O. The van der Waals surface area contributed by atoms with Gasteiger partial charge in [-0.1, -0.05) is 12.1 Å². The van der Waals surface area contributed by atoms with Crippen LogP contribution in [0, 0.1) is 0 Å². The van der Waals surface area contributed by atoms with E-state index < -0.39 is 35.8 Å². The average Bonchev–Trinajstić information content (AvgIpc) is 3.05. The summed E-state index contributed by atoms with van der Waals surface area (Å²) in [5, 5.41) is 5.25. The first-order valence-electron chi connectivity index (χ1n) is 10.6. The number of imide groups is 1. The molecule has 2 atom stereocenters. The lowest BCUT2D eigenvalue weighted by Crippen LogP contribution is -2.47. The number of amides is 4. The fourth-order valence-electron chi connectivity index (χ4n) is 3.46. The zero-order valence-electron chi connectivity index (χ0n) is 19.0. The Morgan fingerprint density at radius 1 is 0.941 bits per heavy atom. The second kappa shape index (κ2) is 11.0. The third-order valence-electron chi connectivity index (χ3n) is 5.14. The Bertz CT molecular complexity index is 1080. The third-order valence-corrected chi connectivity index (χ3v) is 5.78. The molecule has 0 spiro atoms. The van der Waals surface area contributed by atoms with Gasteiger partial charge in [-0.2, -0.15) is 11.8 Å². The van der Waals surface area contributed by atoms with Crippen molar-refractivity contribution in [1.29, 1.82) is 0 Å². The van der Waals surface area contributed by atoms with E-state index >= 15 is 0 Å². The number of nitrogens with one attached hydrogen (secondary N) is 2. The van der Waals surface area contributed by atoms with Crippen LogP contribution in [0.1, 0.15) is 41.0 Å². The lowest BCUT2D eigenvalue weighted by Gasteiger charge is -2.25. The van der Waals surface area contributed by atoms with Crippen LogP contribution in [0.25, 0.3) is 0 Å². The van der Waals surface area contributed by atoms with Gasteiger partial charge >= 0.3 is 5.97 Å². The molecule has 4 amide bonds. The van der Waals surface area contributed by atoms with E-state index in [0.717, 1.165) is 4.90 Å². The number of ether oxygens (including phenoxy) is 1. The zero-order chi connectivity index (χ0) is 24.8. The van der Waals surface area contributed by atoms with Gasteiger partial charge in [0.1, 0.15) is 6.04 Å². The van der Waals surface area contributed by atoms with Crippen molar-refractivity contribution in [3.8, 4) is 0 Å². The molecule has 178 valence electrons. The van der Waals surface area contributed by atoms with Crippen LogP contribution in [0.15, 0.2) is 48.5 Å². The van der Waals surface area contributed by atoms with Crippen molar-refractivity contribution in [2.75, 3.05) is 22.6 Å². The van der Waals surface area contributed by atoms with Crippen molar-refractivity contribution in [2.45, 2.75) is 32.4 Å². The van der Waals surface area contributed by atoms with E-state index in [9.17, 15) is 24.0 Å². The van der Waals surface area contributed by atoms with E-state index in [4.69, 9.17) is 4.74 Å². The highest BCUT2D eigenvalue weighted by Crippen LogP contribution is 2.27. The number of carbonyl (C=O) groups is 5. The number of hydrogen-bond acceptors (Lipinski definition) is 7. The van der Waals surface area contributed by atoms with Crippen LogP contribution in [0.5, 0.6) is 0 Å². The van der Waals surface area contributed by atoms with Crippen LogP contribution in [0.2, 0.25) is 0 Å². The molecule has 0 radical (unpaired) electrons. The predicted molar refractivity (Wildman–Crippen MR) is 129 cm³/mol. The standard InChI is InChI=1S/C24H25N3O6S/c1-14(21(29)26-17-10-8-16(9-11-17)25-15(2)28)33-24(32)20(12-13-34-3)27-22(30)18-6-4-5-7-19(18)23(27)31/h4-11,14,20H,12-13H2,1-3H3,(H,25,28)(H,26,29). The third kappa shape index (κ3) is 5.63. The Kier molecular flexibility index (Phi) is 8.06. The van der Waals surface area contributed by atoms with Gasteiger partial charge in [0.2, 0.25) is 5.91 Å². The minimum absolute atomic E-state index is 0.199. The van der Waals surface area contributed by atoms with E-state index in [1.165, 1.54) is 25.6 Å². The molecule has 34 heavy (non-hydrogen) atoms. The van der Waals surface area contributed by atoms with Crippen molar-refractivity contribution < 1.29 is 28.7 Å². The summed E-state index contributed by atoms with van der Waals surface area (Å²) in [6, 6.07) is 11.7. The minimum atomic E-state index is -1.17. The van der Waals surface area contributed by atoms with Gasteiger partial charge in [0, 0.05) is 18.3 Å². The summed E-state index contributed by atoms with van der Waals surface area (Å²) < 4.78 is 5.36. The number of benzene rings is 2. The van der Waals surface area contributed by atoms with Crippen LogP contribution in [-0.4, -0.2) is 58.7 Å². The van der Waals surface area contributed by atoms with E-state index in [0.29, 0.717) is 17.1 Å². The van der Waals surface area contributed by atoms with Gasteiger partial charge in [-0.25, -0.2) is 4.79 Å². The van der Waals surface area contributed by atoms with E-state index in [1.54, 1.807) is 48.5 Å². The number of carbonyl (C=O) groups excluding carboxylic acids is 5. The molecule has 0 fully saturated rings. The van der Waals surface area contributed by atoms with Crippen molar-refractivity contribution in [3.05, 3.63) is 59.7 Å². The monoisotopic (exact) mass is 483 g/mol. The molecule has 0 saturated heterocycles. The summed E-state index contributed by atoms with van der Waals surface area (Å²) in [7, 11) is 0. The number of fused-ring (bicyclic) bond motifs is 1. The Balaban J connectivity index is 1.68. The molecule has 1 aliphatic rings. The number of hydrogen-bond donors (Lipinski definition) is 2. The maximum Gasteiger partial charge on any atom is 0.330 e. The first-order chi connectivity index (χ1) is 16.2. The molecule has 0 aromatic heterocycles.